The number of hydrogen-bond acceptors (Lipinski definition) is 4. The topological polar surface area (TPSA) is 41.6 Å². The van der Waals surface area contributed by atoms with Gasteiger partial charge in [0, 0.05) is 19.1 Å². The van der Waals surface area contributed by atoms with Gasteiger partial charge in [0.2, 0.25) is 0 Å². The minimum absolute atomic E-state index is 0.155. The maximum absolute atomic E-state index is 10.9. The van der Waals surface area contributed by atoms with Crippen molar-refractivity contribution >= 4 is 5.97 Å². The van der Waals surface area contributed by atoms with E-state index in [1.54, 1.807) is 0 Å². The number of esters is 1. The van der Waals surface area contributed by atoms with Crippen LogP contribution in [0.1, 0.15) is 27.2 Å². The van der Waals surface area contributed by atoms with Crippen LogP contribution in [0, 0.1) is 0 Å². The molecule has 4 nitrogen and oxygen atoms in total. The minimum atomic E-state index is -0.155. The number of methoxy groups -OCH3 is 1. The summed E-state index contributed by atoms with van der Waals surface area (Å²) >= 11 is 0. The van der Waals surface area contributed by atoms with E-state index in [-0.39, 0.29) is 5.97 Å². The SMILES string of the molecule is CCN(CC)CC(C)NCCC(=O)OC. The average Bonchev–Trinajstić information content (AvgIpc) is 2.25. The third kappa shape index (κ3) is 7.33. The molecule has 0 saturated heterocycles. The third-order valence-corrected chi connectivity index (χ3v) is 2.48. The number of likely N-dealkylation sites (N-methyl/N-ethyl adjacent to an activating group) is 1. The van der Waals surface area contributed by atoms with Crippen molar-refractivity contribution in [2.24, 2.45) is 0 Å². The standard InChI is InChI=1S/C11H24N2O2/c1-5-13(6-2)9-10(3)12-8-7-11(14)15-4/h10,12H,5-9H2,1-4H3. The Balaban J connectivity index is 3.56. The summed E-state index contributed by atoms with van der Waals surface area (Å²) in [5, 5.41) is 3.30. The van der Waals surface area contributed by atoms with Crippen LogP contribution in [0.4, 0.5) is 0 Å². The summed E-state index contributed by atoms with van der Waals surface area (Å²) in [6, 6.07) is 0.412. The van der Waals surface area contributed by atoms with Crippen molar-refractivity contribution in [3.8, 4) is 0 Å². The van der Waals surface area contributed by atoms with Crippen LogP contribution in [0.15, 0.2) is 0 Å². The predicted octanol–water partition coefficient (Wildman–Crippen LogP) is 0.869. The van der Waals surface area contributed by atoms with E-state index in [0.29, 0.717) is 19.0 Å². The highest BCUT2D eigenvalue weighted by atomic mass is 16.5. The Morgan fingerprint density at radius 1 is 1.40 bits per heavy atom. The van der Waals surface area contributed by atoms with E-state index >= 15 is 0 Å². The second-order valence-electron chi connectivity index (χ2n) is 3.67. The lowest BCUT2D eigenvalue weighted by molar-refractivity contribution is -0.140. The molecule has 0 aromatic rings. The summed E-state index contributed by atoms with van der Waals surface area (Å²) in [5.74, 6) is -0.155. The second kappa shape index (κ2) is 8.68. The zero-order valence-electron chi connectivity index (χ0n) is 10.4. The Bertz CT molecular complexity index is 170. The second-order valence-corrected chi connectivity index (χ2v) is 3.67. The van der Waals surface area contributed by atoms with Crippen LogP contribution < -0.4 is 5.32 Å². The molecular weight excluding hydrogens is 192 g/mol. The van der Waals surface area contributed by atoms with E-state index in [9.17, 15) is 4.79 Å². The molecule has 1 unspecified atom stereocenters. The van der Waals surface area contributed by atoms with Gasteiger partial charge in [-0.1, -0.05) is 13.8 Å². The van der Waals surface area contributed by atoms with Gasteiger partial charge < -0.3 is 15.0 Å². The summed E-state index contributed by atoms with van der Waals surface area (Å²) in [5.41, 5.74) is 0. The molecule has 90 valence electrons. The molecule has 0 amide bonds. The number of carbonyl (C=O) groups excluding carboxylic acids is 1. The van der Waals surface area contributed by atoms with Crippen LogP contribution >= 0.6 is 0 Å². The average molecular weight is 216 g/mol. The number of nitrogens with one attached hydrogen (secondary N) is 1. The van der Waals surface area contributed by atoms with Crippen molar-refractivity contribution in [1.82, 2.24) is 10.2 Å². The molecule has 0 aliphatic heterocycles. The van der Waals surface area contributed by atoms with E-state index in [1.165, 1.54) is 7.11 Å². The summed E-state index contributed by atoms with van der Waals surface area (Å²) in [4.78, 5) is 13.2. The van der Waals surface area contributed by atoms with Gasteiger partial charge in [0.25, 0.3) is 0 Å². The van der Waals surface area contributed by atoms with Gasteiger partial charge in [-0.05, 0) is 20.0 Å². The van der Waals surface area contributed by atoms with Crippen LogP contribution in [0.2, 0.25) is 0 Å². The molecule has 0 heterocycles. The molecule has 0 saturated carbocycles. The number of hydrogen-bond donors (Lipinski definition) is 1. The maximum atomic E-state index is 10.9. The predicted molar refractivity (Wildman–Crippen MR) is 61.9 cm³/mol. The van der Waals surface area contributed by atoms with E-state index in [0.717, 1.165) is 19.6 Å². The first-order chi connectivity index (χ1) is 7.13. The summed E-state index contributed by atoms with van der Waals surface area (Å²) in [7, 11) is 1.42. The summed E-state index contributed by atoms with van der Waals surface area (Å²) < 4.78 is 4.57. The quantitative estimate of drug-likeness (QED) is 0.611. The Hall–Kier alpha value is -0.610. The first kappa shape index (κ1) is 14.4. The molecule has 4 heteroatoms. The summed E-state index contributed by atoms with van der Waals surface area (Å²) in [6.45, 7) is 10.3. The van der Waals surface area contributed by atoms with Gasteiger partial charge in [-0.3, -0.25) is 4.79 Å². The smallest absolute Gasteiger partial charge is 0.306 e. The molecule has 0 fully saturated rings. The molecule has 15 heavy (non-hydrogen) atoms. The summed E-state index contributed by atoms with van der Waals surface area (Å²) in [6.07, 6.45) is 0.444. The van der Waals surface area contributed by atoms with Gasteiger partial charge in [0.15, 0.2) is 0 Å². The van der Waals surface area contributed by atoms with Crippen LogP contribution in [0.3, 0.4) is 0 Å². The largest absolute Gasteiger partial charge is 0.469 e. The Morgan fingerprint density at radius 2 is 2.00 bits per heavy atom. The van der Waals surface area contributed by atoms with Crippen LogP contribution in [0.25, 0.3) is 0 Å². The highest BCUT2D eigenvalue weighted by Crippen LogP contribution is 1.92. The maximum Gasteiger partial charge on any atom is 0.306 e. The molecule has 0 aromatic carbocycles. The van der Waals surface area contributed by atoms with Gasteiger partial charge in [-0.25, -0.2) is 0 Å². The normalized spacial score (nSPS) is 12.9. The molecule has 0 aromatic heterocycles. The van der Waals surface area contributed by atoms with E-state index in [4.69, 9.17) is 0 Å². The minimum Gasteiger partial charge on any atom is -0.469 e. The molecule has 0 aliphatic rings. The van der Waals surface area contributed by atoms with E-state index in [2.05, 4.69) is 35.7 Å². The first-order valence-corrected chi connectivity index (χ1v) is 5.66. The number of nitrogens with zero attached hydrogens (tertiary/aromatic N) is 1. The van der Waals surface area contributed by atoms with Crippen molar-refractivity contribution in [3.05, 3.63) is 0 Å². The van der Waals surface area contributed by atoms with Gasteiger partial charge in [-0.2, -0.15) is 0 Å². The van der Waals surface area contributed by atoms with Crippen molar-refractivity contribution in [1.29, 1.82) is 0 Å². The molecule has 0 aliphatic carbocycles. The van der Waals surface area contributed by atoms with Crippen molar-refractivity contribution in [2.75, 3.05) is 33.3 Å². The Kier molecular flexibility index (Phi) is 8.33. The van der Waals surface area contributed by atoms with Crippen molar-refractivity contribution < 1.29 is 9.53 Å². The molecule has 1 N–H and O–H groups in total. The fourth-order valence-electron chi connectivity index (χ4n) is 1.46. The van der Waals surface area contributed by atoms with E-state index < -0.39 is 0 Å². The first-order valence-electron chi connectivity index (χ1n) is 5.66. The van der Waals surface area contributed by atoms with Gasteiger partial charge in [-0.15, -0.1) is 0 Å². The molecule has 0 spiro atoms. The van der Waals surface area contributed by atoms with Gasteiger partial charge in [0.05, 0.1) is 13.5 Å². The lowest BCUT2D eigenvalue weighted by Crippen LogP contribution is -2.39. The van der Waals surface area contributed by atoms with Crippen LogP contribution in [-0.4, -0.2) is 50.2 Å². The highest BCUT2D eigenvalue weighted by Gasteiger charge is 2.07. The van der Waals surface area contributed by atoms with E-state index in [1.807, 2.05) is 0 Å². The Labute approximate surface area is 93.0 Å². The fraction of sp³-hybridized carbons (Fsp3) is 0.909. The van der Waals surface area contributed by atoms with Crippen LogP contribution in [-0.2, 0) is 9.53 Å². The molecule has 0 rings (SSSR count). The zero-order chi connectivity index (χ0) is 11.7. The lowest BCUT2D eigenvalue weighted by Gasteiger charge is -2.23. The van der Waals surface area contributed by atoms with Crippen molar-refractivity contribution in [2.45, 2.75) is 33.2 Å². The van der Waals surface area contributed by atoms with Crippen LogP contribution in [0.5, 0.6) is 0 Å². The van der Waals surface area contributed by atoms with Gasteiger partial charge >= 0.3 is 5.97 Å². The van der Waals surface area contributed by atoms with Gasteiger partial charge in [0.1, 0.15) is 0 Å². The molecule has 1 atom stereocenters. The molecular formula is C11H24N2O2. The number of ether oxygens (including phenoxy) is 1. The van der Waals surface area contributed by atoms with Crippen molar-refractivity contribution in [3.63, 3.8) is 0 Å². The monoisotopic (exact) mass is 216 g/mol. The molecule has 0 bridgehead atoms. The fourth-order valence-corrected chi connectivity index (χ4v) is 1.46. The Morgan fingerprint density at radius 3 is 2.47 bits per heavy atom. The number of carbonyl (C=O) groups is 1. The molecule has 0 radical (unpaired) electrons. The zero-order valence-corrected chi connectivity index (χ0v) is 10.4. The highest BCUT2D eigenvalue weighted by molar-refractivity contribution is 5.69. The lowest BCUT2D eigenvalue weighted by atomic mass is 10.3. The third-order valence-electron chi connectivity index (χ3n) is 2.48. The number of rotatable bonds is 8.